The Labute approximate surface area is 161 Å². The zero-order chi connectivity index (χ0) is 16.2. The Morgan fingerprint density at radius 3 is 2.88 bits per heavy atom. The van der Waals surface area contributed by atoms with Gasteiger partial charge in [-0.1, -0.05) is 0 Å². The largest absolute Gasteiger partial charge is 0.370 e. The van der Waals surface area contributed by atoms with Crippen LogP contribution in [0.1, 0.15) is 24.5 Å². The van der Waals surface area contributed by atoms with E-state index in [-0.39, 0.29) is 30.1 Å². The van der Waals surface area contributed by atoms with Crippen LogP contribution in [0.2, 0.25) is 0 Å². The average molecular weight is 448 g/mol. The molecule has 2 aliphatic heterocycles. The number of likely N-dealkylation sites (tertiary alicyclic amines) is 1. The van der Waals surface area contributed by atoms with Crippen LogP contribution in [0.5, 0.6) is 0 Å². The topological polar surface area (TPSA) is 57.9 Å². The molecule has 0 saturated carbocycles. The van der Waals surface area contributed by atoms with Gasteiger partial charge in [-0.15, -0.1) is 24.0 Å². The first-order chi connectivity index (χ1) is 11.2. The summed E-state index contributed by atoms with van der Waals surface area (Å²) in [6, 6.07) is 0.613. The minimum absolute atomic E-state index is 0. The van der Waals surface area contributed by atoms with Crippen molar-refractivity contribution in [1.29, 1.82) is 0 Å². The van der Waals surface area contributed by atoms with Gasteiger partial charge < -0.3 is 19.9 Å². The van der Waals surface area contributed by atoms with Gasteiger partial charge in [-0.3, -0.25) is 9.67 Å². The van der Waals surface area contributed by atoms with E-state index in [1.54, 1.807) is 0 Å². The molecule has 1 aromatic heterocycles. The smallest absolute Gasteiger partial charge is 0.193 e. The Morgan fingerprint density at radius 2 is 2.25 bits per heavy atom. The number of guanidine groups is 1. The quantitative estimate of drug-likeness (QED) is 0.426. The maximum atomic E-state index is 5.91. The van der Waals surface area contributed by atoms with Crippen LogP contribution in [0.25, 0.3) is 0 Å². The maximum absolute atomic E-state index is 5.91. The number of morpholine rings is 1. The fraction of sp³-hybridized carbons (Fsp3) is 0.750. The lowest BCUT2D eigenvalue weighted by atomic mass is 10.1. The number of aliphatic imine (C=N–C) groups is 1. The Morgan fingerprint density at radius 1 is 1.42 bits per heavy atom. The summed E-state index contributed by atoms with van der Waals surface area (Å²) in [7, 11) is 5.99. The molecule has 3 rings (SSSR count). The van der Waals surface area contributed by atoms with E-state index >= 15 is 0 Å². The molecule has 8 heteroatoms. The number of rotatable bonds is 3. The highest BCUT2D eigenvalue weighted by Gasteiger charge is 2.26. The molecule has 7 nitrogen and oxygen atoms in total. The monoisotopic (exact) mass is 448 g/mol. The first kappa shape index (κ1) is 19.5. The van der Waals surface area contributed by atoms with E-state index < -0.39 is 0 Å². The molecule has 1 aromatic rings. The van der Waals surface area contributed by atoms with Crippen LogP contribution in [-0.2, 0) is 11.8 Å². The second-order valence-electron chi connectivity index (χ2n) is 6.46. The summed E-state index contributed by atoms with van der Waals surface area (Å²) in [5, 5.41) is 7.79. The van der Waals surface area contributed by atoms with E-state index in [0.717, 1.165) is 31.2 Å². The van der Waals surface area contributed by atoms with Crippen LogP contribution in [0.4, 0.5) is 0 Å². The zero-order valence-electron chi connectivity index (χ0n) is 14.8. The van der Waals surface area contributed by atoms with Crippen molar-refractivity contribution in [3.05, 3.63) is 18.0 Å². The lowest BCUT2D eigenvalue weighted by molar-refractivity contribution is -0.00809. The number of halogens is 1. The summed E-state index contributed by atoms with van der Waals surface area (Å²) >= 11 is 0. The van der Waals surface area contributed by atoms with Crippen LogP contribution >= 0.6 is 24.0 Å². The zero-order valence-corrected chi connectivity index (χ0v) is 17.1. The molecule has 2 unspecified atom stereocenters. The number of hydrogen-bond acceptors (Lipinski definition) is 4. The van der Waals surface area contributed by atoms with Crippen LogP contribution in [-0.4, -0.2) is 78.5 Å². The van der Waals surface area contributed by atoms with Gasteiger partial charge in [0.1, 0.15) is 6.10 Å². The number of aryl methyl sites for hydroxylation is 1. The molecule has 0 amide bonds. The van der Waals surface area contributed by atoms with Gasteiger partial charge in [0.25, 0.3) is 0 Å². The van der Waals surface area contributed by atoms with Gasteiger partial charge in [0.2, 0.25) is 0 Å². The normalized spacial score (nSPS) is 25.6. The number of ether oxygens (including phenoxy) is 1. The molecule has 2 aliphatic rings. The van der Waals surface area contributed by atoms with Gasteiger partial charge >= 0.3 is 0 Å². The molecule has 0 bridgehead atoms. The number of nitrogens with one attached hydrogen (secondary N) is 1. The summed E-state index contributed by atoms with van der Waals surface area (Å²) in [5.41, 5.74) is 1.13. The van der Waals surface area contributed by atoms with E-state index in [0.29, 0.717) is 12.6 Å². The van der Waals surface area contributed by atoms with Crippen molar-refractivity contribution in [2.75, 3.05) is 46.9 Å². The Balaban J connectivity index is 0.00000208. The number of hydrogen-bond donors (Lipinski definition) is 1. The predicted octanol–water partition coefficient (Wildman–Crippen LogP) is 1.08. The predicted molar refractivity (Wildman–Crippen MR) is 106 cm³/mol. The van der Waals surface area contributed by atoms with Crippen molar-refractivity contribution in [2.45, 2.75) is 25.0 Å². The number of likely N-dealkylation sites (N-methyl/N-ethyl adjacent to an activating group) is 1. The summed E-state index contributed by atoms with van der Waals surface area (Å²) in [4.78, 5) is 9.18. The third-order valence-corrected chi connectivity index (χ3v) is 4.84. The van der Waals surface area contributed by atoms with Crippen molar-refractivity contribution in [3.63, 3.8) is 0 Å². The summed E-state index contributed by atoms with van der Waals surface area (Å²) in [5.74, 6) is 0.975. The van der Waals surface area contributed by atoms with Gasteiger partial charge in [0.05, 0.1) is 19.3 Å². The molecule has 1 N–H and O–H groups in total. The lowest BCUT2D eigenvalue weighted by Crippen LogP contribution is -2.50. The first-order valence-electron chi connectivity index (χ1n) is 8.43. The highest BCUT2D eigenvalue weighted by atomic mass is 127. The van der Waals surface area contributed by atoms with E-state index in [4.69, 9.17) is 4.74 Å². The second-order valence-corrected chi connectivity index (χ2v) is 6.46. The SMILES string of the molecule is CN=C(NCC1CCCN1C)N1CCOC(c2cnn(C)c2)C1.I. The Bertz CT molecular complexity index is 548. The van der Waals surface area contributed by atoms with Crippen LogP contribution in [0, 0.1) is 0 Å². The first-order valence-corrected chi connectivity index (χ1v) is 8.43. The minimum atomic E-state index is 0. The molecule has 2 fully saturated rings. The number of aromatic nitrogens is 2. The van der Waals surface area contributed by atoms with E-state index in [1.165, 1.54) is 19.4 Å². The molecular formula is C16H29IN6O. The second kappa shape index (κ2) is 9.00. The standard InChI is InChI=1S/C16H28N6O.HI/c1-17-16(18-10-14-5-4-6-20(14)2)22-7-8-23-15(12-22)13-9-19-21(3)11-13;/h9,11,14-15H,4-8,10,12H2,1-3H3,(H,17,18);1H. The van der Waals surface area contributed by atoms with Gasteiger partial charge in [0, 0.05) is 45.0 Å². The minimum Gasteiger partial charge on any atom is -0.370 e. The summed E-state index contributed by atoms with van der Waals surface area (Å²) < 4.78 is 7.73. The average Bonchev–Trinajstić information content (AvgIpc) is 3.17. The molecule has 0 radical (unpaired) electrons. The highest BCUT2D eigenvalue weighted by molar-refractivity contribution is 14.0. The number of nitrogens with zero attached hydrogens (tertiary/aromatic N) is 5. The molecule has 3 heterocycles. The van der Waals surface area contributed by atoms with Crippen molar-refractivity contribution >= 4 is 29.9 Å². The summed E-state index contributed by atoms with van der Waals surface area (Å²) in [6.45, 7) is 4.55. The van der Waals surface area contributed by atoms with Gasteiger partial charge in [-0.25, -0.2) is 0 Å². The van der Waals surface area contributed by atoms with Crippen molar-refractivity contribution < 1.29 is 4.74 Å². The molecular weight excluding hydrogens is 419 g/mol. The van der Waals surface area contributed by atoms with E-state index in [2.05, 4.69) is 32.3 Å². The molecule has 24 heavy (non-hydrogen) atoms. The van der Waals surface area contributed by atoms with Crippen molar-refractivity contribution in [2.24, 2.45) is 12.0 Å². The van der Waals surface area contributed by atoms with Crippen molar-refractivity contribution in [1.82, 2.24) is 24.9 Å². The Kier molecular flexibility index (Phi) is 7.30. The van der Waals surface area contributed by atoms with Crippen molar-refractivity contribution in [3.8, 4) is 0 Å². The third kappa shape index (κ3) is 4.60. The molecule has 0 aromatic carbocycles. The van der Waals surface area contributed by atoms with Gasteiger partial charge in [-0.2, -0.15) is 5.10 Å². The van der Waals surface area contributed by atoms with Crippen LogP contribution in [0.15, 0.2) is 17.4 Å². The fourth-order valence-corrected chi connectivity index (χ4v) is 3.43. The Hall–Kier alpha value is -0.870. The molecule has 136 valence electrons. The van der Waals surface area contributed by atoms with Crippen LogP contribution in [0.3, 0.4) is 0 Å². The molecule has 0 aliphatic carbocycles. The highest BCUT2D eigenvalue weighted by Crippen LogP contribution is 2.21. The maximum Gasteiger partial charge on any atom is 0.193 e. The molecule has 0 spiro atoms. The van der Waals surface area contributed by atoms with Gasteiger partial charge in [0.15, 0.2) is 5.96 Å². The summed E-state index contributed by atoms with van der Waals surface area (Å²) in [6.07, 6.45) is 6.53. The van der Waals surface area contributed by atoms with E-state index in [1.807, 2.05) is 31.2 Å². The van der Waals surface area contributed by atoms with Gasteiger partial charge in [-0.05, 0) is 26.4 Å². The molecule has 2 atom stereocenters. The molecule has 2 saturated heterocycles. The fourth-order valence-electron chi connectivity index (χ4n) is 3.43. The van der Waals surface area contributed by atoms with E-state index in [9.17, 15) is 0 Å². The third-order valence-electron chi connectivity index (χ3n) is 4.84. The lowest BCUT2D eigenvalue weighted by Gasteiger charge is -2.35. The van der Waals surface area contributed by atoms with Crippen LogP contribution < -0.4 is 5.32 Å².